The van der Waals surface area contributed by atoms with E-state index in [0.29, 0.717) is 5.25 Å². The summed E-state index contributed by atoms with van der Waals surface area (Å²) in [5.74, 6) is -1.23. The molecule has 1 aliphatic rings. The maximum atomic E-state index is 13.6. The van der Waals surface area contributed by atoms with E-state index in [-0.39, 0.29) is 10.5 Å². The lowest BCUT2D eigenvalue weighted by Crippen LogP contribution is -2.08. The number of thioether (sulfide) groups is 1. The van der Waals surface area contributed by atoms with Gasteiger partial charge in [0.05, 0.1) is 16.5 Å². The zero-order valence-corrected chi connectivity index (χ0v) is 10.2. The molecule has 1 nitrogen and oxygen atoms in total. The van der Waals surface area contributed by atoms with Gasteiger partial charge in [-0.25, -0.2) is 8.78 Å². The Kier molecular flexibility index (Phi) is 4.01. The van der Waals surface area contributed by atoms with Crippen LogP contribution in [0.2, 0.25) is 0 Å². The van der Waals surface area contributed by atoms with E-state index in [1.807, 2.05) is 0 Å². The number of nitriles is 1. The molecule has 4 heteroatoms. The minimum absolute atomic E-state index is 0.0352. The van der Waals surface area contributed by atoms with Crippen molar-refractivity contribution in [2.24, 2.45) is 0 Å². The zero-order valence-electron chi connectivity index (χ0n) is 9.38. The Hall–Kier alpha value is -1.08. The molecule has 1 aromatic carbocycles. The van der Waals surface area contributed by atoms with Crippen molar-refractivity contribution in [3.05, 3.63) is 29.3 Å². The van der Waals surface area contributed by atoms with Gasteiger partial charge in [-0.05, 0) is 25.0 Å². The average Bonchev–Trinajstić information content (AvgIpc) is 2.35. The molecule has 0 atom stereocenters. The average molecular weight is 253 g/mol. The predicted molar refractivity (Wildman–Crippen MR) is 63.8 cm³/mol. The fourth-order valence-electron chi connectivity index (χ4n) is 2.09. The summed E-state index contributed by atoms with van der Waals surface area (Å²) in [4.78, 5) is 0.0656. The van der Waals surface area contributed by atoms with Crippen LogP contribution < -0.4 is 0 Å². The highest BCUT2D eigenvalue weighted by molar-refractivity contribution is 8.00. The van der Waals surface area contributed by atoms with Gasteiger partial charge in [-0.15, -0.1) is 11.8 Å². The van der Waals surface area contributed by atoms with Crippen LogP contribution in [0.4, 0.5) is 8.78 Å². The van der Waals surface area contributed by atoms with Crippen LogP contribution in [0, 0.1) is 23.0 Å². The van der Waals surface area contributed by atoms with E-state index < -0.39 is 11.6 Å². The molecule has 0 N–H and O–H groups in total. The van der Waals surface area contributed by atoms with Gasteiger partial charge in [-0.3, -0.25) is 0 Å². The van der Waals surface area contributed by atoms with Crippen LogP contribution in [0.3, 0.4) is 0 Å². The molecular formula is C13H13F2NS. The number of benzene rings is 1. The van der Waals surface area contributed by atoms with E-state index in [4.69, 9.17) is 5.26 Å². The SMILES string of the molecule is N#Cc1cc(F)c(SC2CCCCC2)c(F)c1. The lowest BCUT2D eigenvalue weighted by Gasteiger charge is -2.21. The standard InChI is InChI=1S/C13H13F2NS/c14-11-6-9(8-16)7-12(15)13(11)17-10-4-2-1-3-5-10/h6-7,10H,1-5H2. The van der Waals surface area contributed by atoms with Crippen LogP contribution in [0.25, 0.3) is 0 Å². The number of rotatable bonds is 2. The number of halogens is 2. The van der Waals surface area contributed by atoms with Crippen LogP contribution in [0.5, 0.6) is 0 Å². The molecule has 1 aliphatic carbocycles. The fraction of sp³-hybridized carbons (Fsp3) is 0.462. The minimum Gasteiger partial charge on any atom is -0.206 e. The number of nitrogens with zero attached hydrogens (tertiary/aromatic N) is 1. The van der Waals surface area contributed by atoms with Crippen molar-refractivity contribution in [3.63, 3.8) is 0 Å². The van der Waals surface area contributed by atoms with Crippen molar-refractivity contribution in [1.82, 2.24) is 0 Å². The summed E-state index contributed by atoms with van der Waals surface area (Å²) in [6, 6.07) is 3.96. The van der Waals surface area contributed by atoms with Crippen molar-refractivity contribution < 1.29 is 8.78 Å². The van der Waals surface area contributed by atoms with Gasteiger partial charge >= 0.3 is 0 Å². The molecule has 0 aliphatic heterocycles. The topological polar surface area (TPSA) is 23.8 Å². The zero-order chi connectivity index (χ0) is 12.3. The molecule has 0 unspecified atom stereocenters. The van der Waals surface area contributed by atoms with Gasteiger partial charge in [0.15, 0.2) is 0 Å². The summed E-state index contributed by atoms with van der Waals surface area (Å²) in [7, 11) is 0. The Morgan fingerprint density at radius 1 is 1.12 bits per heavy atom. The third kappa shape index (κ3) is 2.98. The summed E-state index contributed by atoms with van der Waals surface area (Å²) < 4.78 is 27.3. The van der Waals surface area contributed by atoms with E-state index in [1.165, 1.54) is 18.2 Å². The van der Waals surface area contributed by atoms with Crippen LogP contribution in [0.15, 0.2) is 17.0 Å². The lowest BCUT2D eigenvalue weighted by molar-refractivity contribution is 0.509. The van der Waals surface area contributed by atoms with Gasteiger partial charge < -0.3 is 0 Å². The molecule has 0 spiro atoms. The van der Waals surface area contributed by atoms with E-state index >= 15 is 0 Å². The van der Waals surface area contributed by atoms with Gasteiger partial charge in [-0.1, -0.05) is 19.3 Å². The predicted octanol–water partition coefficient (Wildman–Crippen LogP) is 4.26. The highest BCUT2D eigenvalue weighted by atomic mass is 32.2. The van der Waals surface area contributed by atoms with Gasteiger partial charge in [-0.2, -0.15) is 5.26 Å². The smallest absolute Gasteiger partial charge is 0.141 e. The molecule has 17 heavy (non-hydrogen) atoms. The highest BCUT2D eigenvalue weighted by Gasteiger charge is 2.19. The quantitative estimate of drug-likeness (QED) is 0.786. The Labute approximate surface area is 104 Å². The summed E-state index contributed by atoms with van der Waals surface area (Å²) in [5.41, 5.74) is 0.0352. The molecule has 0 aromatic heterocycles. The van der Waals surface area contributed by atoms with E-state index in [0.717, 1.165) is 37.8 Å². The van der Waals surface area contributed by atoms with E-state index in [2.05, 4.69) is 0 Å². The third-order valence-electron chi connectivity index (χ3n) is 2.96. The Morgan fingerprint density at radius 3 is 2.24 bits per heavy atom. The summed E-state index contributed by atoms with van der Waals surface area (Å²) in [6.45, 7) is 0. The second kappa shape index (κ2) is 5.50. The number of hydrogen-bond acceptors (Lipinski definition) is 2. The molecular weight excluding hydrogens is 240 g/mol. The molecule has 1 aromatic rings. The maximum absolute atomic E-state index is 13.6. The third-order valence-corrected chi connectivity index (χ3v) is 4.39. The number of hydrogen-bond donors (Lipinski definition) is 0. The second-order valence-corrected chi connectivity index (χ2v) is 5.57. The molecule has 0 heterocycles. The first-order valence-corrected chi connectivity index (χ1v) is 6.64. The van der Waals surface area contributed by atoms with Crippen molar-refractivity contribution in [1.29, 1.82) is 5.26 Å². The molecule has 0 radical (unpaired) electrons. The first-order chi connectivity index (χ1) is 8.20. The molecule has 0 amide bonds. The van der Waals surface area contributed by atoms with Crippen LogP contribution in [-0.2, 0) is 0 Å². The van der Waals surface area contributed by atoms with E-state index in [9.17, 15) is 8.78 Å². The van der Waals surface area contributed by atoms with Gasteiger partial charge in [0.2, 0.25) is 0 Å². The largest absolute Gasteiger partial charge is 0.206 e. The molecule has 1 saturated carbocycles. The lowest BCUT2D eigenvalue weighted by atomic mass is 10.0. The maximum Gasteiger partial charge on any atom is 0.141 e. The van der Waals surface area contributed by atoms with Gasteiger partial charge in [0, 0.05) is 5.25 Å². The Morgan fingerprint density at radius 2 is 1.71 bits per heavy atom. The molecule has 1 fully saturated rings. The molecule has 0 bridgehead atoms. The molecule has 2 rings (SSSR count). The Bertz CT molecular complexity index is 424. The van der Waals surface area contributed by atoms with Crippen LogP contribution in [-0.4, -0.2) is 5.25 Å². The van der Waals surface area contributed by atoms with Crippen molar-refractivity contribution in [2.45, 2.75) is 42.2 Å². The summed E-state index contributed by atoms with van der Waals surface area (Å²) in [5, 5.41) is 8.91. The highest BCUT2D eigenvalue weighted by Crippen LogP contribution is 2.36. The fourth-order valence-corrected chi connectivity index (χ4v) is 3.33. The van der Waals surface area contributed by atoms with Crippen LogP contribution >= 0.6 is 11.8 Å². The van der Waals surface area contributed by atoms with Crippen molar-refractivity contribution in [2.75, 3.05) is 0 Å². The molecule has 90 valence electrons. The van der Waals surface area contributed by atoms with Gasteiger partial charge in [0.25, 0.3) is 0 Å². The normalized spacial score (nSPS) is 16.8. The van der Waals surface area contributed by atoms with Gasteiger partial charge in [0.1, 0.15) is 11.6 Å². The van der Waals surface area contributed by atoms with E-state index in [1.54, 1.807) is 6.07 Å². The first-order valence-electron chi connectivity index (χ1n) is 5.76. The summed E-state index contributed by atoms with van der Waals surface area (Å²) >= 11 is 1.28. The van der Waals surface area contributed by atoms with Crippen molar-refractivity contribution >= 4 is 11.8 Å². The summed E-state index contributed by atoms with van der Waals surface area (Å²) in [6.07, 6.45) is 5.52. The monoisotopic (exact) mass is 253 g/mol. The van der Waals surface area contributed by atoms with Crippen LogP contribution in [0.1, 0.15) is 37.7 Å². The van der Waals surface area contributed by atoms with Crippen molar-refractivity contribution in [3.8, 4) is 6.07 Å². The Balaban J connectivity index is 2.18. The minimum atomic E-state index is -0.614. The molecule has 0 saturated heterocycles. The second-order valence-electron chi connectivity index (χ2n) is 4.26. The first kappa shape index (κ1) is 12.4.